The van der Waals surface area contributed by atoms with Gasteiger partial charge in [-0.2, -0.15) is 0 Å². The molecule has 0 amide bonds. The van der Waals surface area contributed by atoms with E-state index in [0.717, 1.165) is 17.2 Å². The van der Waals surface area contributed by atoms with Crippen LogP contribution >= 0.6 is 22.9 Å². The molecule has 0 saturated heterocycles. The molecular weight excluding hydrogens is 336 g/mol. The number of halogens is 1. The van der Waals surface area contributed by atoms with E-state index in [2.05, 4.69) is 4.72 Å². The molecular formula is C12H11ClN2O4S2. The summed E-state index contributed by atoms with van der Waals surface area (Å²) in [6.07, 6.45) is 0. The number of nitro groups is 1. The number of nitrogens with one attached hydrogen (secondary N) is 1. The minimum Gasteiger partial charge on any atom is -0.279 e. The maximum atomic E-state index is 12.2. The topological polar surface area (TPSA) is 89.3 Å². The van der Waals surface area contributed by atoms with Gasteiger partial charge < -0.3 is 0 Å². The molecule has 1 aromatic heterocycles. The molecule has 0 aliphatic heterocycles. The number of nitrogens with zero attached hydrogens (tertiary/aromatic N) is 1. The molecule has 0 radical (unpaired) electrons. The summed E-state index contributed by atoms with van der Waals surface area (Å²) >= 11 is 6.33. The zero-order valence-electron chi connectivity index (χ0n) is 11.1. The maximum Gasteiger partial charge on any atom is 0.300 e. The van der Waals surface area contributed by atoms with Crippen LogP contribution in [0.1, 0.15) is 11.1 Å². The molecule has 6 nitrogen and oxygen atoms in total. The summed E-state index contributed by atoms with van der Waals surface area (Å²) in [6, 6.07) is 6.06. The Morgan fingerprint density at radius 2 is 1.90 bits per heavy atom. The lowest BCUT2D eigenvalue weighted by Crippen LogP contribution is -2.11. The molecule has 21 heavy (non-hydrogen) atoms. The average molecular weight is 347 g/mol. The second-order valence-corrected chi connectivity index (χ2v) is 7.95. The molecule has 0 aliphatic carbocycles. The Balaban J connectivity index is 2.36. The van der Waals surface area contributed by atoms with Crippen LogP contribution in [0, 0.1) is 24.0 Å². The van der Waals surface area contributed by atoms with Crippen LogP contribution in [0.2, 0.25) is 4.34 Å². The molecule has 0 bridgehead atoms. The Bertz CT molecular complexity index is 815. The molecule has 0 spiro atoms. The van der Waals surface area contributed by atoms with Crippen molar-refractivity contribution in [3.63, 3.8) is 0 Å². The van der Waals surface area contributed by atoms with E-state index in [1.54, 1.807) is 18.2 Å². The Hall–Kier alpha value is -1.64. The highest BCUT2D eigenvalue weighted by Crippen LogP contribution is 2.36. The molecule has 2 aromatic rings. The normalized spacial score (nSPS) is 11.4. The molecule has 1 aromatic carbocycles. The minimum absolute atomic E-state index is 0.166. The zero-order chi connectivity index (χ0) is 15.8. The van der Waals surface area contributed by atoms with Crippen molar-refractivity contribution in [2.45, 2.75) is 18.1 Å². The number of anilines is 1. The molecule has 2 rings (SSSR count). The van der Waals surface area contributed by atoms with Crippen molar-refractivity contribution in [3.05, 3.63) is 49.8 Å². The number of aryl methyl sites for hydroxylation is 2. The first kappa shape index (κ1) is 15.7. The van der Waals surface area contributed by atoms with Gasteiger partial charge in [-0.1, -0.05) is 17.7 Å². The molecule has 1 heterocycles. The molecule has 9 heteroatoms. The summed E-state index contributed by atoms with van der Waals surface area (Å²) in [5, 5.41) is 10.7. The van der Waals surface area contributed by atoms with Gasteiger partial charge in [-0.15, -0.1) is 11.3 Å². The molecule has 0 unspecified atom stereocenters. The molecule has 0 saturated carbocycles. The van der Waals surface area contributed by atoms with Crippen LogP contribution in [-0.2, 0) is 10.0 Å². The third-order valence-corrected chi connectivity index (χ3v) is 6.06. The number of hydrogen-bond donors (Lipinski definition) is 1. The monoisotopic (exact) mass is 346 g/mol. The van der Waals surface area contributed by atoms with Crippen molar-refractivity contribution < 1.29 is 13.3 Å². The molecule has 112 valence electrons. The third kappa shape index (κ3) is 3.34. The summed E-state index contributed by atoms with van der Waals surface area (Å²) < 4.78 is 26.4. The van der Waals surface area contributed by atoms with Gasteiger partial charge in [-0.25, -0.2) is 8.42 Å². The fourth-order valence-corrected chi connectivity index (χ4v) is 4.32. The molecule has 0 fully saturated rings. The van der Waals surface area contributed by atoms with Gasteiger partial charge >= 0.3 is 0 Å². The van der Waals surface area contributed by atoms with E-state index in [9.17, 15) is 18.5 Å². The first-order chi connectivity index (χ1) is 9.70. The molecule has 0 aliphatic rings. The van der Waals surface area contributed by atoms with Crippen LogP contribution in [0.5, 0.6) is 0 Å². The number of sulfonamides is 1. The number of thiophene rings is 1. The van der Waals surface area contributed by atoms with E-state index >= 15 is 0 Å². The van der Waals surface area contributed by atoms with E-state index in [1.165, 1.54) is 0 Å². The SMILES string of the molecule is Cc1ccc(NS(=O)(=O)c2cc([N+](=O)[O-])c(Cl)s2)cc1C. The van der Waals surface area contributed by atoms with Crippen LogP contribution in [0.3, 0.4) is 0 Å². The van der Waals surface area contributed by atoms with E-state index in [1.807, 2.05) is 13.8 Å². The van der Waals surface area contributed by atoms with Gasteiger partial charge in [0.25, 0.3) is 15.7 Å². The fourth-order valence-electron chi connectivity index (χ4n) is 1.61. The zero-order valence-corrected chi connectivity index (χ0v) is 13.5. The Morgan fingerprint density at radius 3 is 2.43 bits per heavy atom. The quantitative estimate of drug-likeness (QED) is 0.674. The highest BCUT2D eigenvalue weighted by atomic mass is 35.5. The average Bonchev–Trinajstić information content (AvgIpc) is 2.77. The second-order valence-electron chi connectivity index (χ2n) is 4.39. The lowest BCUT2D eigenvalue weighted by atomic mass is 10.1. The standard InChI is InChI=1S/C12H11ClN2O4S2/c1-7-3-4-9(5-8(7)2)14-21(18,19)11-6-10(15(16)17)12(13)20-11/h3-6,14H,1-2H3. The van der Waals surface area contributed by atoms with Gasteiger partial charge in [0.15, 0.2) is 4.34 Å². The van der Waals surface area contributed by atoms with Crippen LogP contribution in [0.25, 0.3) is 0 Å². The third-order valence-electron chi connectivity index (χ3n) is 2.87. The smallest absolute Gasteiger partial charge is 0.279 e. The highest BCUT2D eigenvalue weighted by Gasteiger charge is 2.25. The van der Waals surface area contributed by atoms with Crippen molar-refractivity contribution in [1.82, 2.24) is 0 Å². The summed E-state index contributed by atoms with van der Waals surface area (Å²) in [6.45, 7) is 3.77. The van der Waals surface area contributed by atoms with Crippen molar-refractivity contribution in [2.24, 2.45) is 0 Å². The number of benzene rings is 1. The number of hydrogen-bond acceptors (Lipinski definition) is 5. The summed E-state index contributed by atoms with van der Waals surface area (Å²) in [5.41, 5.74) is 1.95. The first-order valence-electron chi connectivity index (χ1n) is 5.74. The molecule has 1 N–H and O–H groups in total. The van der Waals surface area contributed by atoms with E-state index in [-0.39, 0.29) is 8.55 Å². The van der Waals surface area contributed by atoms with Gasteiger partial charge in [0.2, 0.25) is 0 Å². The van der Waals surface area contributed by atoms with Crippen molar-refractivity contribution in [3.8, 4) is 0 Å². The van der Waals surface area contributed by atoms with Gasteiger partial charge in [0.1, 0.15) is 4.21 Å². The maximum absolute atomic E-state index is 12.2. The summed E-state index contributed by atoms with van der Waals surface area (Å²) in [4.78, 5) is 10.0. The van der Waals surface area contributed by atoms with E-state index < -0.39 is 20.6 Å². The van der Waals surface area contributed by atoms with Crippen molar-refractivity contribution in [1.29, 1.82) is 0 Å². The van der Waals surface area contributed by atoms with Gasteiger partial charge in [0, 0.05) is 11.8 Å². The highest BCUT2D eigenvalue weighted by molar-refractivity contribution is 7.94. The second kappa shape index (κ2) is 5.63. The minimum atomic E-state index is -3.90. The Morgan fingerprint density at radius 1 is 1.24 bits per heavy atom. The molecule has 0 atom stereocenters. The van der Waals surface area contributed by atoms with Crippen molar-refractivity contribution >= 4 is 44.3 Å². The fraction of sp³-hybridized carbons (Fsp3) is 0.167. The van der Waals surface area contributed by atoms with Crippen LogP contribution in [0.4, 0.5) is 11.4 Å². The van der Waals surface area contributed by atoms with Crippen molar-refractivity contribution in [2.75, 3.05) is 4.72 Å². The predicted octanol–water partition coefficient (Wildman–Crippen LogP) is 3.73. The predicted molar refractivity (Wildman–Crippen MR) is 82.7 cm³/mol. The van der Waals surface area contributed by atoms with E-state index in [0.29, 0.717) is 17.0 Å². The Kier molecular flexibility index (Phi) is 4.22. The van der Waals surface area contributed by atoms with Crippen LogP contribution < -0.4 is 4.72 Å². The Labute approximate surface area is 130 Å². The number of rotatable bonds is 4. The largest absolute Gasteiger partial charge is 0.300 e. The first-order valence-corrected chi connectivity index (χ1v) is 8.42. The van der Waals surface area contributed by atoms with Gasteiger partial charge in [0.05, 0.1) is 4.92 Å². The summed E-state index contributed by atoms with van der Waals surface area (Å²) in [5.74, 6) is 0. The summed E-state index contributed by atoms with van der Waals surface area (Å²) in [7, 11) is -3.90. The lowest BCUT2D eigenvalue weighted by Gasteiger charge is -2.08. The lowest BCUT2D eigenvalue weighted by molar-refractivity contribution is -0.384. The van der Waals surface area contributed by atoms with Crippen LogP contribution in [0.15, 0.2) is 28.5 Å². The van der Waals surface area contributed by atoms with Crippen LogP contribution in [-0.4, -0.2) is 13.3 Å². The van der Waals surface area contributed by atoms with E-state index in [4.69, 9.17) is 11.6 Å². The van der Waals surface area contributed by atoms with Gasteiger partial charge in [-0.05, 0) is 37.1 Å². The van der Waals surface area contributed by atoms with Gasteiger partial charge in [-0.3, -0.25) is 14.8 Å².